The maximum atomic E-state index is 14.4. The lowest BCUT2D eigenvalue weighted by Crippen LogP contribution is -2.61. The summed E-state index contributed by atoms with van der Waals surface area (Å²) in [6, 6.07) is 22.1. The Labute approximate surface area is 356 Å². The highest BCUT2D eigenvalue weighted by Gasteiger charge is 2.50. The van der Waals surface area contributed by atoms with Crippen LogP contribution in [-0.2, 0) is 33.0 Å². The molecule has 4 aliphatic heterocycles. The van der Waals surface area contributed by atoms with Crippen LogP contribution in [0.1, 0.15) is 85.3 Å². The molecule has 1 saturated carbocycles. The Morgan fingerprint density at radius 3 is 2.64 bits per heavy atom. The average molecular weight is 842 g/mol. The second-order valence-electron chi connectivity index (χ2n) is 18.6. The maximum absolute atomic E-state index is 14.4. The molecule has 7 atom stereocenters. The monoisotopic (exact) mass is 840 g/mol. The number of sulfonamides is 1. The van der Waals surface area contributed by atoms with E-state index in [9.17, 15) is 13.2 Å². The molecule has 4 heterocycles. The molecule has 316 valence electrons. The zero-order chi connectivity index (χ0) is 40.8. The Morgan fingerprint density at radius 2 is 1.83 bits per heavy atom. The van der Waals surface area contributed by atoms with Crippen molar-refractivity contribution in [1.82, 2.24) is 14.5 Å². The number of nitrogens with one attached hydrogen (secondary N) is 1. The maximum Gasteiger partial charge on any atom is 0.264 e. The zero-order valence-corrected chi connectivity index (χ0v) is 36.4. The minimum Gasteiger partial charge on any atom is -0.490 e. The average Bonchev–Trinajstić information content (AvgIpc) is 3.37. The molecule has 0 unspecified atom stereocenters. The third kappa shape index (κ3) is 8.21. The number of piperidine rings is 1. The lowest BCUT2D eigenvalue weighted by molar-refractivity contribution is -0.100. The summed E-state index contributed by atoms with van der Waals surface area (Å²) < 4.78 is 45.0. The fourth-order valence-electron chi connectivity index (χ4n) is 11.6. The van der Waals surface area contributed by atoms with Gasteiger partial charge in [-0.1, -0.05) is 73.5 Å². The topological polar surface area (TPSA) is 91.4 Å². The van der Waals surface area contributed by atoms with Crippen molar-refractivity contribution in [2.75, 3.05) is 64.4 Å². The first kappa shape index (κ1) is 41.0. The molecule has 3 aromatic carbocycles. The van der Waals surface area contributed by atoms with E-state index < -0.39 is 26.8 Å². The van der Waals surface area contributed by atoms with Crippen LogP contribution < -0.4 is 14.4 Å². The number of halogens is 1. The Bertz CT molecular complexity index is 2150. The van der Waals surface area contributed by atoms with Crippen molar-refractivity contribution in [3.05, 3.63) is 106 Å². The van der Waals surface area contributed by atoms with Gasteiger partial charge in [0.15, 0.2) is 0 Å². The number of amides is 1. The summed E-state index contributed by atoms with van der Waals surface area (Å²) in [6.45, 7) is 9.17. The lowest BCUT2D eigenvalue weighted by atomic mass is 9.63. The van der Waals surface area contributed by atoms with E-state index in [0.29, 0.717) is 37.0 Å². The van der Waals surface area contributed by atoms with Crippen molar-refractivity contribution in [3.8, 4) is 5.75 Å². The van der Waals surface area contributed by atoms with E-state index >= 15 is 0 Å². The molecule has 0 radical (unpaired) electrons. The minimum atomic E-state index is -4.11. The predicted octanol–water partition coefficient (Wildman–Crippen LogP) is 7.66. The summed E-state index contributed by atoms with van der Waals surface area (Å²) in [4.78, 5) is 21.9. The van der Waals surface area contributed by atoms with Crippen LogP contribution in [0.2, 0.25) is 5.02 Å². The molecule has 9 nitrogen and oxygen atoms in total. The molecular weight excluding hydrogens is 780 g/mol. The summed E-state index contributed by atoms with van der Waals surface area (Å²) in [6.07, 6.45) is 14.3. The van der Waals surface area contributed by atoms with E-state index in [2.05, 4.69) is 43.7 Å². The number of methoxy groups -OCH3 is 1. The van der Waals surface area contributed by atoms with Crippen molar-refractivity contribution >= 4 is 33.2 Å². The van der Waals surface area contributed by atoms with E-state index in [0.717, 1.165) is 93.4 Å². The Morgan fingerprint density at radius 1 is 0.966 bits per heavy atom. The van der Waals surface area contributed by atoms with Crippen LogP contribution in [0, 0.1) is 17.8 Å². The van der Waals surface area contributed by atoms with Crippen molar-refractivity contribution < 1.29 is 22.7 Å². The van der Waals surface area contributed by atoms with Gasteiger partial charge in [-0.3, -0.25) is 14.6 Å². The number of carbonyl (C=O) groups excluding carboxylic acids is 1. The van der Waals surface area contributed by atoms with E-state index in [-0.39, 0.29) is 17.3 Å². The van der Waals surface area contributed by atoms with Crippen LogP contribution in [0.15, 0.2) is 78.9 Å². The van der Waals surface area contributed by atoms with E-state index in [1.165, 1.54) is 36.9 Å². The quantitative estimate of drug-likeness (QED) is 0.262. The van der Waals surface area contributed by atoms with Gasteiger partial charge in [-0.25, -0.2) is 13.1 Å². The Balaban J connectivity index is 1.12. The first-order chi connectivity index (χ1) is 28.5. The number of ether oxygens (including phenoxy) is 2. The van der Waals surface area contributed by atoms with Gasteiger partial charge in [0.1, 0.15) is 11.4 Å². The normalized spacial score (nSPS) is 33.0. The molecule has 11 heteroatoms. The van der Waals surface area contributed by atoms with Crippen molar-refractivity contribution in [2.24, 2.45) is 17.8 Å². The highest BCUT2D eigenvalue weighted by Crippen LogP contribution is 2.49. The Hall–Kier alpha value is -3.41. The molecule has 59 heavy (non-hydrogen) atoms. The molecule has 2 saturated heterocycles. The third-order valence-electron chi connectivity index (χ3n) is 15.0. The van der Waals surface area contributed by atoms with Gasteiger partial charge in [0.05, 0.1) is 17.5 Å². The van der Waals surface area contributed by atoms with Crippen molar-refractivity contribution in [1.29, 1.82) is 0 Å². The molecule has 2 bridgehead atoms. The Kier molecular flexibility index (Phi) is 11.7. The van der Waals surface area contributed by atoms with Crippen LogP contribution in [0.25, 0.3) is 0 Å². The summed E-state index contributed by atoms with van der Waals surface area (Å²) in [7, 11) is -2.22. The number of hydrogen-bond acceptors (Lipinski definition) is 8. The zero-order valence-electron chi connectivity index (χ0n) is 34.8. The molecule has 9 rings (SSSR count). The first-order valence-electron chi connectivity index (χ1n) is 22.1. The van der Waals surface area contributed by atoms with Gasteiger partial charge in [0, 0.05) is 68.4 Å². The third-order valence-corrected chi connectivity index (χ3v) is 17.2. The second-order valence-corrected chi connectivity index (χ2v) is 21.0. The number of anilines is 1. The molecule has 6 aliphatic rings. The first-order valence-corrected chi connectivity index (χ1v) is 24.1. The van der Waals surface area contributed by atoms with Gasteiger partial charge >= 0.3 is 0 Å². The minimum absolute atomic E-state index is 0.257. The van der Waals surface area contributed by atoms with Gasteiger partial charge < -0.3 is 14.4 Å². The van der Waals surface area contributed by atoms with Crippen molar-refractivity contribution in [3.63, 3.8) is 0 Å². The highest BCUT2D eigenvalue weighted by atomic mass is 35.5. The lowest BCUT2D eigenvalue weighted by Gasteiger charge is -2.53. The summed E-state index contributed by atoms with van der Waals surface area (Å²) in [5.41, 5.74) is 3.82. The smallest absolute Gasteiger partial charge is 0.264 e. The van der Waals surface area contributed by atoms with Crippen LogP contribution in [0.4, 0.5) is 5.69 Å². The number of carbonyl (C=O) groups is 1. The summed E-state index contributed by atoms with van der Waals surface area (Å²) in [5, 5.41) is -0.0830. The van der Waals surface area contributed by atoms with Crippen LogP contribution in [0.5, 0.6) is 5.75 Å². The largest absolute Gasteiger partial charge is 0.490 e. The second kappa shape index (κ2) is 16.8. The highest BCUT2D eigenvalue weighted by molar-refractivity contribution is 7.90. The van der Waals surface area contributed by atoms with E-state index in [4.69, 9.17) is 21.1 Å². The molecule has 0 aromatic heterocycles. The number of benzene rings is 3. The number of hydrogen-bond donors (Lipinski definition) is 1. The van der Waals surface area contributed by atoms with Crippen LogP contribution >= 0.6 is 11.6 Å². The molecular formula is C48H61ClN4O5S. The van der Waals surface area contributed by atoms with Gasteiger partial charge in [0.2, 0.25) is 10.0 Å². The molecule has 1 N–H and O–H groups in total. The van der Waals surface area contributed by atoms with Crippen LogP contribution in [-0.4, -0.2) is 101 Å². The number of nitrogens with zero attached hydrogens (tertiary/aromatic N) is 3. The fraction of sp³-hybridized carbons (Fsp3) is 0.562. The molecule has 1 spiro atoms. The number of aryl methyl sites for hydroxylation is 1. The molecule has 2 aliphatic carbocycles. The van der Waals surface area contributed by atoms with Gasteiger partial charge in [-0.05, 0) is 129 Å². The van der Waals surface area contributed by atoms with E-state index in [1.807, 2.05) is 62.6 Å². The number of fused-ring (bicyclic) bond motifs is 5. The van der Waals surface area contributed by atoms with Gasteiger partial charge in [-0.2, -0.15) is 0 Å². The van der Waals surface area contributed by atoms with Gasteiger partial charge in [-0.15, -0.1) is 0 Å². The number of allylic oxidation sites excluding steroid dienone is 1. The predicted molar refractivity (Wildman–Crippen MR) is 235 cm³/mol. The summed E-state index contributed by atoms with van der Waals surface area (Å²) in [5.74, 6) is 0.421. The van der Waals surface area contributed by atoms with Gasteiger partial charge in [0.25, 0.3) is 5.91 Å². The summed E-state index contributed by atoms with van der Waals surface area (Å²) >= 11 is 6.55. The van der Waals surface area contributed by atoms with E-state index in [1.54, 1.807) is 6.07 Å². The number of rotatable bonds is 5. The standard InChI is InChI=1S/C48H61ClN4O5S/c1-34-10-8-22-48(57-2,32-51-24-25-52-23-7-6-14-40(52)30-51)42-18-15-38(42)29-53-31-47(21-9-13-36-27-39(49)17-19-41(36)47)33-58-44-20-16-37(28-43(44)53)46(54)50-59(55,56)45(34)26-35-11-4-3-5-12-35/h3-5,8,11-12,16-17,19-20,22,27-28,34,38,40,42,45H,6-7,9-10,13-15,18,21,23-26,29-33H2,1-2H3,(H,50,54)/b22-8+/t34-,38-,40+,42+,45+,47-,48+/m0/s1. The van der Waals surface area contributed by atoms with Crippen molar-refractivity contribution in [2.45, 2.75) is 93.4 Å². The SMILES string of the molecule is CO[C@@]1(CN2CCN3CCCC[C@@H]3C2)/C=C/C[C@H](C)[C@@H](Cc2ccccc2)S(=O)(=O)NC(=O)c2ccc3c(c2)N(C[C@@H]2CC[C@H]21)C[C@@]1(CCCc2cc(Cl)ccc21)CO3. The number of piperazine rings is 1. The fourth-order valence-corrected chi connectivity index (χ4v) is 13.5. The molecule has 3 aromatic rings. The molecule has 3 fully saturated rings. The molecule has 1 amide bonds. The van der Waals surface area contributed by atoms with Crippen LogP contribution in [0.3, 0.4) is 0 Å².